The molecular weight excluding hydrogens is 1020 g/mol. The van der Waals surface area contributed by atoms with Crippen molar-refractivity contribution in [1.82, 2.24) is 0 Å². The highest BCUT2D eigenvalue weighted by Gasteiger charge is 2.45. The summed E-state index contributed by atoms with van der Waals surface area (Å²) in [6.07, 6.45) is 21.6. The normalized spacial score (nSPS) is 18.5. The first kappa shape index (κ1) is 72.9. The zero-order valence-corrected chi connectivity index (χ0v) is 58.9. The van der Waals surface area contributed by atoms with Crippen LogP contribution in [-0.4, -0.2) is 84.0 Å². The fourth-order valence-electron chi connectivity index (χ4n) is 8.70. The summed E-state index contributed by atoms with van der Waals surface area (Å²) < 4.78 is 47.1. The Balaban J connectivity index is 3.84. The van der Waals surface area contributed by atoms with Crippen LogP contribution >= 0.6 is 0 Å². The van der Waals surface area contributed by atoms with E-state index in [9.17, 15) is 4.79 Å². The van der Waals surface area contributed by atoms with E-state index in [0.717, 1.165) is 30.6 Å². The molecule has 0 aromatic heterocycles. The zero-order chi connectivity index (χ0) is 59.8. The molecule has 11 atom stereocenters. The van der Waals surface area contributed by atoms with E-state index in [2.05, 4.69) is 220 Å². The molecule has 8 nitrogen and oxygen atoms in total. The van der Waals surface area contributed by atoms with Gasteiger partial charge in [-0.25, -0.2) is 4.79 Å². The third-order valence-corrected chi connectivity index (χ3v) is 36.2. The number of ether oxygens (including phenoxy) is 3. The van der Waals surface area contributed by atoms with Gasteiger partial charge in [-0.15, -0.1) is 0 Å². The molecular formula is C65H120O8Si4. The van der Waals surface area contributed by atoms with E-state index in [1.165, 1.54) is 13.2 Å². The summed E-state index contributed by atoms with van der Waals surface area (Å²) in [7, 11) is -5.73. The van der Waals surface area contributed by atoms with Crippen LogP contribution in [0.1, 0.15) is 156 Å². The molecule has 1 rings (SSSR count). The third kappa shape index (κ3) is 24.1. The summed E-state index contributed by atoms with van der Waals surface area (Å²) in [6.45, 7) is 65.4. The van der Waals surface area contributed by atoms with Gasteiger partial charge in [0.1, 0.15) is 5.75 Å². The molecule has 0 saturated heterocycles. The highest BCUT2D eigenvalue weighted by Crippen LogP contribution is 2.44. The first-order valence-electron chi connectivity index (χ1n) is 29.3. The van der Waals surface area contributed by atoms with Gasteiger partial charge in [-0.05, 0) is 133 Å². The highest BCUT2D eigenvalue weighted by molar-refractivity contribution is 6.75. The number of methoxy groups -OCH3 is 2. The molecule has 0 aliphatic rings. The van der Waals surface area contributed by atoms with Crippen LogP contribution in [0.15, 0.2) is 85.5 Å². The summed E-state index contributed by atoms with van der Waals surface area (Å²) in [4.78, 5) is 11.9. The molecule has 0 heterocycles. The Bertz CT molecular complexity index is 2010. The first-order valence-corrected chi connectivity index (χ1v) is 41.0. The quantitative estimate of drug-likeness (QED) is 0.0232. The van der Waals surface area contributed by atoms with Crippen molar-refractivity contribution in [3.8, 4) is 5.75 Å². The fraction of sp³-hybridized carbons (Fsp3) is 0.738. The Labute approximate surface area is 479 Å². The van der Waals surface area contributed by atoms with Gasteiger partial charge < -0.3 is 31.9 Å². The standard InChI is InChI=1S/C65H120O8Si4/c1-30-31-34-50(4)61(69-47-54-39-42-55(67-20)43-40-54)53(7)57(71-75(24,25)63(11,12)13)44-37-48(2)45-52(6)60(73-77(28,29)65(17,18)19)51(5)38-41-56(70-74(22,23)62(8,9)10)46-58(72-76(26,27)64(14,15)16)49(3)35-32-33-36-59(66)68-21/h30-36,38-43,48-53,56-58,60-61H,1,37,44-47H2,2-29H3/b34-31-,35-32+,36-33-,41-38-/t48-,49+,50-,51-,52-,53-,56+,57-,58-,60-,61-/m0/s1. The van der Waals surface area contributed by atoms with Crippen molar-refractivity contribution in [2.75, 3.05) is 14.2 Å². The molecule has 0 radical (unpaired) electrons. The molecule has 1 aromatic rings. The van der Waals surface area contributed by atoms with Gasteiger partial charge in [-0.2, -0.15) is 0 Å². The second kappa shape index (κ2) is 30.8. The van der Waals surface area contributed by atoms with E-state index in [0.29, 0.717) is 24.9 Å². The number of rotatable bonds is 32. The molecule has 0 saturated carbocycles. The average Bonchev–Trinajstić information content (AvgIpc) is 3.29. The number of benzene rings is 1. The van der Waals surface area contributed by atoms with Crippen molar-refractivity contribution in [3.05, 3.63) is 91.1 Å². The molecule has 77 heavy (non-hydrogen) atoms. The predicted molar refractivity (Wildman–Crippen MR) is 342 cm³/mol. The van der Waals surface area contributed by atoms with Gasteiger partial charge in [-0.3, -0.25) is 0 Å². The minimum atomic E-state index is -2.24. The molecule has 0 spiro atoms. The van der Waals surface area contributed by atoms with Crippen molar-refractivity contribution >= 4 is 39.2 Å². The lowest BCUT2D eigenvalue weighted by atomic mass is 9.82. The minimum Gasteiger partial charge on any atom is -0.497 e. The number of hydrogen-bond donors (Lipinski definition) is 0. The van der Waals surface area contributed by atoms with Gasteiger partial charge >= 0.3 is 5.97 Å². The second-order valence-electron chi connectivity index (χ2n) is 29.1. The van der Waals surface area contributed by atoms with Crippen molar-refractivity contribution in [2.24, 2.45) is 35.5 Å². The van der Waals surface area contributed by atoms with Gasteiger partial charge in [0.15, 0.2) is 33.3 Å². The van der Waals surface area contributed by atoms with Crippen LogP contribution in [0.25, 0.3) is 0 Å². The summed E-state index contributed by atoms with van der Waals surface area (Å²) in [5.74, 6) is 1.66. The number of carbonyl (C=O) groups is 1. The number of esters is 1. The van der Waals surface area contributed by atoms with E-state index in [1.807, 2.05) is 30.4 Å². The van der Waals surface area contributed by atoms with Gasteiger partial charge in [0.05, 0.1) is 51.3 Å². The molecule has 0 amide bonds. The average molecular weight is 1140 g/mol. The molecule has 0 N–H and O–H groups in total. The van der Waals surface area contributed by atoms with Crippen LogP contribution in [0.2, 0.25) is 72.5 Å². The third-order valence-electron chi connectivity index (χ3n) is 18.2. The number of hydrogen-bond acceptors (Lipinski definition) is 8. The smallest absolute Gasteiger partial charge is 0.330 e. The number of carbonyl (C=O) groups excluding carboxylic acids is 1. The van der Waals surface area contributed by atoms with Crippen LogP contribution in [0.5, 0.6) is 5.75 Å². The highest BCUT2D eigenvalue weighted by atomic mass is 28.4. The summed E-state index contributed by atoms with van der Waals surface area (Å²) in [6, 6.07) is 8.20. The Morgan fingerprint density at radius 1 is 0.545 bits per heavy atom. The first-order chi connectivity index (χ1) is 35.0. The summed E-state index contributed by atoms with van der Waals surface area (Å²) in [5, 5.41) is 0.146. The maximum Gasteiger partial charge on any atom is 0.330 e. The molecule has 0 unspecified atom stereocenters. The van der Waals surface area contributed by atoms with Crippen molar-refractivity contribution in [2.45, 2.75) is 260 Å². The Morgan fingerprint density at radius 2 is 1.01 bits per heavy atom. The predicted octanol–water partition coefficient (Wildman–Crippen LogP) is 19.1. The maximum atomic E-state index is 11.9. The van der Waals surface area contributed by atoms with Crippen LogP contribution in [0, 0.1) is 35.5 Å². The molecule has 1 aromatic carbocycles. The fourth-order valence-corrected chi connectivity index (χ4v) is 14.3. The van der Waals surface area contributed by atoms with E-state index in [1.54, 1.807) is 13.2 Å². The van der Waals surface area contributed by atoms with E-state index >= 15 is 0 Å². The molecule has 0 fully saturated rings. The SMILES string of the molecule is C=C/C=C\[C@H](C)[C@H](OCc1ccc(OC)cc1)[C@@H](C)[C@H](CC[C@H](C)C[C@H](C)[C@@H](O[Si](C)(C)C(C)(C)C)[C@@H](C)/C=C\[C@H](C[C@H](O[Si](C)(C)C(C)(C)C)[C@H](C)/C=C/C=C\C(=O)OC)O[Si](C)(C)C(C)(C)C)O[Si](C)(C)C(C)(C)C. The largest absolute Gasteiger partial charge is 0.497 e. The molecule has 12 heteroatoms. The van der Waals surface area contributed by atoms with E-state index in [4.69, 9.17) is 31.9 Å². The van der Waals surface area contributed by atoms with E-state index < -0.39 is 33.3 Å². The van der Waals surface area contributed by atoms with Crippen LogP contribution in [-0.2, 0) is 38.6 Å². The zero-order valence-electron chi connectivity index (χ0n) is 54.9. The minimum absolute atomic E-state index is 0.0114. The molecule has 0 bridgehead atoms. The lowest BCUT2D eigenvalue weighted by molar-refractivity contribution is -0.134. The van der Waals surface area contributed by atoms with Gasteiger partial charge in [-0.1, -0.05) is 192 Å². The molecule has 0 aliphatic carbocycles. The van der Waals surface area contributed by atoms with E-state index in [-0.39, 0.29) is 80.3 Å². The Morgan fingerprint density at radius 3 is 1.49 bits per heavy atom. The lowest BCUT2D eigenvalue weighted by Gasteiger charge is -2.44. The van der Waals surface area contributed by atoms with Crippen LogP contribution < -0.4 is 4.74 Å². The monoisotopic (exact) mass is 1140 g/mol. The van der Waals surface area contributed by atoms with Crippen LogP contribution in [0.3, 0.4) is 0 Å². The number of allylic oxidation sites excluding steroid dienone is 4. The van der Waals surface area contributed by atoms with Gasteiger partial charge in [0.25, 0.3) is 0 Å². The Hall–Kier alpha value is -2.14. The van der Waals surface area contributed by atoms with Crippen LogP contribution in [0.4, 0.5) is 0 Å². The Kier molecular flexibility index (Phi) is 29.1. The van der Waals surface area contributed by atoms with Crippen molar-refractivity contribution in [3.63, 3.8) is 0 Å². The van der Waals surface area contributed by atoms with Crippen molar-refractivity contribution < 1.29 is 36.7 Å². The summed E-state index contributed by atoms with van der Waals surface area (Å²) in [5.41, 5.74) is 1.12. The van der Waals surface area contributed by atoms with Gasteiger partial charge in [0.2, 0.25) is 0 Å². The van der Waals surface area contributed by atoms with Crippen molar-refractivity contribution in [1.29, 1.82) is 0 Å². The maximum absolute atomic E-state index is 11.9. The molecule has 444 valence electrons. The second-order valence-corrected chi connectivity index (χ2v) is 48.1. The van der Waals surface area contributed by atoms with Gasteiger partial charge in [0, 0.05) is 24.3 Å². The lowest BCUT2D eigenvalue weighted by Crippen LogP contribution is -2.48. The molecule has 0 aliphatic heterocycles. The topological polar surface area (TPSA) is 81.7 Å². The summed E-state index contributed by atoms with van der Waals surface area (Å²) >= 11 is 0.